The standard InChI is InChI=1S/C15H13N3/c1-2-8-16-14(5-1)15-7-6-13(11-17-15)12-18-9-3-4-10-18/h1-11H,12H2. The number of rotatable bonds is 3. The second-order valence-electron chi connectivity index (χ2n) is 4.12. The zero-order chi connectivity index (χ0) is 12.2. The lowest BCUT2D eigenvalue weighted by Crippen LogP contribution is -1.97. The van der Waals surface area contributed by atoms with Gasteiger partial charge in [0.05, 0.1) is 11.4 Å². The van der Waals surface area contributed by atoms with E-state index in [1.165, 1.54) is 5.56 Å². The first kappa shape index (κ1) is 10.7. The molecule has 0 aliphatic carbocycles. The zero-order valence-electron chi connectivity index (χ0n) is 9.90. The first-order chi connectivity index (χ1) is 8.92. The van der Waals surface area contributed by atoms with Gasteiger partial charge in [0.15, 0.2) is 0 Å². The van der Waals surface area contributed by atoms with Crippen LogP contribution in [0.1, 0.15) is 5.56 Å². The van der Waals surface area contributed by atoms with Crippen molar-refractivity contribution in [3.8, 4) is 11.4 Å². The SMILES string of the molecule is c1ccc(-c2ccc(Cn3cccc3)cn2)nc1. The maximum atomic E-state index is 4.45. The Morgan fingerprint density at radius 2 is 1.67 bits per heavy atom. The normalized spacial score (nSPS) is 10.4. The first-order valence-electron chi connectivity index (χ1n) is 5.89. The highest BCUT2D eigenvalue weighted by molar-refractivity contribution is 5.53. The summed E-state index contributed by atoms with van der Waals surface area (Å²) in [6.07, 6.45) is 7.79. The molecular weight excluding hydrogens is 222 g/mol. The molecule has 0 aromatic carbocycles. The topological polar surface area (TPSA) is 30.7 Å². The van der Waals surface area contributed by atoms with Crippen LogP contribution in [0.15, 0.2) is 67.3 Å². The summed E-state index contributed by atoms with van der Waals surface area (Å²) in [5.74, 6) is 0. The molecule has 0 aliphatic heterocycles. The highest BCUT2D eigenvalue weighted by atomic mass is 14.9. The van der Waals surface area contributed by atoms with Crippen LogP contribution in [0.2, 0.25) is 0 Å². The molecule has 0 bridgehead atoms. The Labute approximate surface area is 106 Å². The summed E-state index contributed by atoms with van der Waals surface area (Å²) in [4.78, 5) is 8.74. The fourth-order valence-electron chi connectivity index (χ4n) is 1.87. The van der Waals surface area contributed by atoms with Crippen molar-refractivity contribution < 1.29 is 0 Å². The monoisotopic (exact) mass is 235 g/mol. The van der Waals surface area contributed by atoms with Crippen molar-refractivity contribution in [3.63, 3.8) is 0 Å². The largest absolute Gasteiger partial charge is 0.350 e. The maximum Gasteiger partial charge on any atom is 0.0886 e. The van der Waals surface area contributed by atoms with Crippen LogP contribution in [0.3, 0.4) is 0 Å². The Morgan fingerprint density at radius 1 is 0.833 bits per heavy atom. The van der Waals surface area contributed by atoms with Gasteiger partial charge in [0.1, 0.15) is 0 Å². The van der Waals surface area contributed by atoms with E-state index in [2.05, 4.69) is 20.6 Å². The Balaban J connectivity index is 1.81. The van der Waals surface area contributed by atoms with Gasteiger partial charge in [-0.25, -0.2) is 0 Å². The molecule has 0 radical (unpaired) electrons. The molecule has 0 unspecified atom stereocenters. The molecule has 3 aromatic heterocycles. The third-order valence-corrected chi connectivity index (χ3v) is 2.78. The van der Waals surface area contributed by atoms with Gasteiger partial charge in [0.2, 0.25) is 0 Å². The molecule has 18 heavy (non-hydrogen) atoms. The summed E-state index contributed by atoms with van der Waals surface area (Å²) in [6, 6.07) is 14.0. The Bertz CT molecular complexity index is 598. The lowest BCUT2D eigenvalue weighted by molar-refractivity contribution is 0.802. The fraction of sp³-hybridized carbons (Fsp3) is 0.0667. The average molecular weight is 235 g/mol. The minimum Gasteiger partial charge on any atom is -0.350 e. The quantitative estimate of drug-likeness (QED) is 0.698. The molecule has 0 aliphatic rings. The van der Waals surface area contributed by atoms with Crippen molar-refractivity contribution >= 4 is 0 Å². The van der Waals surface area contributed by atoms with Gasteiger partial charge in [-0.05, 0) is 35.9 Å². The van der Waals surface area contributed by atoms with Crippen LogP contribution in [0, 0.1) is 0 Å². The van der Waals surface area contributed by atoms with E-state index < -0.39 is 0 Å². The number of hydrogen-bond donors (Lipinski definition) is 0. The number of nitrogens with zero attached hydrogens (tertiary/aromatic N) is 3. The van der Waals surface area contributed by atoms with E-state index in [0.29, 0.717) is 0 Å². The molecule has 0 atom stereocenters. The van der Waals surface area contributed by atoms with Crippen molar-refractivity contribution in [2.75, 3.05) is 0 Å². The highest BCUT2D eigenvalue weighted by Gasteiger charge is 2.00. The van der Waals surface area contributed by atoms with E-state index in [4.69, 9.17) is 0 Å². The summed E-state index contributed by atoms with van der Waals surface area (Å²) < 4.78 is 2.12. The number of pyridine rings is 2. The van der Waals surface area contributed by atoms with Crippen molar-refractivity contribution in [3.05, 3.63) is 72.8 Å². The molecule has 88 valence electrons. The van der Waals surface area contributed by atoms with Gasteiger partial charge in [-0.3, -0.25) is 9.97 Å². The molecule has 3 nitrogen and oxygen atoms in total. The van der Waals surface area contributed by atoms with Crippen LogP contribution in [-0.2, 0) is 6.54 Å². The van der Waals surface area contributed by atoms with E-state index in [1.807, 2.05) is 55.0 Å². The van der Waals surface area contributed by atoms with Gasteiger partial charge < -0.3 is 4.57 Å². The van der Waals surface area contributed by atoms with Crippen LogP contribution >= 0.6 is 0 Å². The molecule has 0 spiro atoms. The molecular formula is C15H13N3. The molecule has 3 aromatic rings. The van der Waals surface area contributed by atoms with Crippen molar-refractivity contribution in [1.82, 2.24) is 14.5 Å². The molecule has 0 saturated heterocycles. The van der Waals surface area contributed by atoms with E-state index in [-0.39, 0.29) is 0 Å². The lowest BCUT2D eigenvalue weighted by Gasteiger charge is -2.04. The summed E-state index contributed by atoms with van der Waals surface area (Å²) >= 11 is 0. The maximum absolute atomic E-state index is 4.45. The summed E-state index contributed by atoms with van der Waals surface area (Å²) in [5, 5.41) is 0. The molecule has 0 amide bonds. The third kappa shape index (κ3) is 2.30. The van der Waals surface area contributed by atoms with Gasteiger partial charge in [-0.15, -0.1) is 0 Å². The van der Waals surface area contributed by atoms with Crippen LogP contribution in [0.25, 0.3) is 11.4 Å². The summed E-state index contributed by atoms with van der Waals surface area (Å²) in [7, 11) is 0. The number of aromatic nitrogens is 3. The number of hydrogen-bond acceptors (Lipinski definition) is 2. The van der Waals surface area contributed by atoms with Gasteiger partial charge in [0, 0.05) is 31.3 Å². The van der Waals surface area contributed by atoms with E-state index in [9.17, 15) is 0 Å². The van der Waals surface area contributed by atoms with Crippen LogP contribution < -0.4 is 0 Å². The molecule has 0 saturated carbocycles. The highest BCUT2D eigenvalue weighted by Crippen LogP contribution is 2.13. The van der Waals surface area contributed by atoms with Crippen LogP contribution in [-0.4, -0.2) is 14.5 Å². The predicted octanol–water partition coefficient (Wildman–Crippen LogP) is 2.99. The van der Waals surface area contributed by atoms with Gasteiger partial charge in [-0.1, -0.05) is 12.1 Å². The Morgan fingerprint density at radius 3 is 2.33 bits per heavy atom. The van der Waals surface area contributed by atoms with E-state index in [0.717, 1.165) is 17.9 Å². The molecule has 3 heterocycles. The lowest BCUT2D eigenvalue weighted by atomic mass is 10.2. The van der Waals surface area contributed by atoms with Crippen molar-refractivity contribution in [2.45, 2.75) is 6.54 Å². The molecule has 3 heteroatoms. The second kappa shape index (κ2) is 4.84. The zero-order valence-corrected chi connectivity index (χ0v) is 9.90. The minimum atomic E-state index is 0.850. The van der Waals surface area contributed by atoms with Crippen LogP contribution in [0.4, 0.5) is 0 Å². The Hall–Kier alpha value is -2.42. The van der Waals surface area contributed by atoms with Gasteiger partial charge in [0.25, 0.3) is 0 Å². The van der Waals surface area contributed by atoms with Crippen molar-refractivity contribution in [1.29, 1.82) is 0 Å². The van der Waals surface area contributed by atoms with E-state index in [1.54, 1.807) is 6.20 Å². The van der Waals surface area contributed by atoms with Gasteiger partial charge in [-0.2, -0.15) is 0 Å². The smallest absolute Gasteiger partial charge is 0.0886 e. The molecule has 0 N–H and O–H groups in total. The average Bonchev–Trinajstić information content (AvgIpc) is 2.94. The summed E-state index contributed by atoms with van der Waals surface area (Å²) in [5.41, 5.74) is 3.00. The third-order valence-electron chi connectivity index (χ3n) is 2.78. The van der Waals surface area contributed by atoms with Crippen molar-refractivity contribution in [2.24, 2.45) is 0 Å². The second-order valence-corrected chi connectivity index (χ2v) is 4.12. The fourth-order valence-corrected chi connectivity index (χ4v) is 1.87. The summed E-state index contributed by atoms with van der Waals surface area (Å²) in [6.45, 7) is 0.850. The first-order valence-corrected chi connectivity index (χ1v) is 5.89. The van der Waals surface area contributed by atoms with Crippen LogP contribution in [0.5, 0.6) is 0 Å². The van der Waals surface area contributed by atoms with Gasteiger partial charge >= 0.3 is 0 Å². The molecule has 3 rings (SSSR count). The van der Waals surface area contributed by atoms with E-state index >= 15 is 0 Å². The Kier molecular flexibility index (Phi) is 2.88. The minimum absolute atomic E-state index is 0.850. The predicted molar refractivity (Wildman–Crippen MR) is 71.0 cm³/mol. The molecule has 0 fully saturated rings.